The van der Waals surface area contributed by atoms with Gasteiger partial charge in [0.2, 0.25) is 5.91 Å². The number of anilines is 1. The van der Waals surface area contributed by atoms with Crippen LogP contribution in [0.5, 0.6) is 0 Å². The van der Waals surface area contributed by atoms with E-state index in [4.69, 9.17) is 10.00 Å². The number of nitrogens with one attached hydrogen (secondary N) is 1. The van der Waals surface area contributed by atoms with E-state index >= 15 is 0 Å². The smallest absolute Gasteiger partial charge is 0.338 e. The number of nitriles is 1. The first-order chi connectivity index (χ1) is 14.1. The zero-order valence-electron chi connectivity index (χ0n) is 17.5. The highest BCUT2D eigenvalue weighted by atomic mass is 16.5. The lowest BCUT2D eigenvalue weighted by Gasteiger charge is -2.30. The van der Waals surface area contributed by atoms with Crippen molar-refractivity contribution in [3.63, 3.8) is 0 Å². The molecule has 0 spiro atoms. The Balaban J connectivity index is 1.76. The Morgan fingerprint density at radius 2 is 1.86 bits per heavy atom. The first-order valence-electron chi connectivity index (χ1n) is 10.5. The number of amides is 1. The second kappa shape index (κ2) is 12.2. The first-order valence-corrected chi connectivity index (χ1v) is 10.5. The fourth-order valence-corrected chi connectivity index (χ4v) is 3.45. The molecule has 0 atom stereocenters. The molecule has 7 nitrogen and oxygen atoms in total. The molecule has 1 aromatic rings. The SMILES string of the molecule is CCN(CC)CCOC(=O)c1ccc(NC(=O)C2CCN(CCC#N)CC2)cc1. The van der Waals surface area contributed by atoms with E-state index in [1.807, 2.05) is 0 Å². The van der Waals surface area contributed by atoms with Crippen LogP contribution in [0.2, 0.25) is 0 Å². The van der Waals surface area contributed by atoms with Crippen LogP contribution in [-0.4, -0.2) is 67.6 Å². The molecule has 1 aromatic carbocycles. The summed E-state index contributed by atoms with van der Waals surface area (Å²) < 4.78 is 5.32. The molecule has 7 heteroatoms. The minimum atomic E-state index is -0.347. The monoisotopic (exact) mass is 400 g/mol. The lowest BCUT2D eigenvalue weighted by atomic mass is 9.95. The molecule has 1 N–H and O–H groups in total. The summed E-state index contributed by atoms with van der Waals surface area (Å²) in [5.41, 5.74) is 1.16. The summed E-state index contributed by atoms with van der Waals surface area (Å²) in [5, 5.41) is 11.6. The van der Waals surface area contributed by atoms with Gasteiger partial charge in [0.1, 0.15) is 6.61 Å². The van der Waals surface area contributed by atoms with Crippen molar-refractivity contribution in [3.05, 3.63) is 29.8 Å². The molecular formula is C22H32N4O3. The number of carbonyl (C=O) groups is 2. The van der Waals surface area contributed by atoms with E-state index in [-0.39, 0.29) is 17.8 Å². The van der Waals surface area contributed by atoms with Crippen molar-refractivity contribution in [2.45, 2.75) is 33.1 Å². The maximum absolute atomic E-state index is 12.5. The maximum Gasteiger partial charge on any atom is 0.338 e. The normalized spacial score (nSPS) is 15.1. The van der Waals surface area contributed by atoms with Gasteiger partial charge in [0.05, 0.1) is 11.6 Å². The van der Waals surface area contributed by atoms with Gasteiger partial charge in [-0.05, 0) is 63.3 Å². The number of hydrogen-bond acceptors (Lipinski definition) is 6. The molecule has 2 rings (SSSR count). The van der Waals surface area contributed by atoms with Crippen molar-refractivity contribution >= 4 is 17.6 Å². The van der Waals surface area contributed by atoms with Crippen LogP contribution in [-0.2, 0) is 9.53 Å². The molecule has 0 aliphatic carbocycles. The van der Waals surface area contributed by atoms with Crippen molar-refractivity contribution in [2.75, 3.05) is 51.2 Å². The van der Waals surface area contributed by atoms with Crippen LogP contribution in [0.1, 0.15) is 43.5 Å². The fourth-order valence-electron chi connectivity index (χ4n) is 3.45. The molecular weight excluding hydrogens is 368 g/mol. The molecule has 29 heavy (non-hydrogen) atoms. The van der Waals surface area contributed by atoms with E-state index in [0.717, 1.165) is 52.1 Å². The third kappa shape index (κ3) is 7.48. The Morgan fingerprint density at radius 3 is 2.45 bits per heavy atom. The number of carbonyl (C=O) groups excluding carboxylic acids is 2. The van der Waals surface area contributed by atoms with Gasteiger partial charge in [-0.15, -0.1) is 0 Å². The summed E-state index contributed by atoms with van der Waals surface area (Å²) in [6.07, 6.45) is 2.13. The highest BCUT2D eigenvalue weighted by molar-refractivity contribution is 5.94. The number of likely N-dealkylation sites (N-methyl/N-ethyl adjacent to an activating group) is 1. The van der Waals surface area contributed by atoms with E-state index in [9.17, 15) is 9.59 Å². The van der Waals surface area contributed by atoms with Crippen molar-refractivity contribution in [1.29, 1.82) is 5.26 Å². The predicted octanol–water partition coefficient (Wildman–Crippen LogP) is 2.75. The van der Waals surface area contributed by atoms with Gasteiger partial charge in [0.25, 0.3) is 0 Å². The number of likely N-dealkylation sites (tertiary alicyclic amines) is 1. The number of piperidine rings is 1. The van der Waals surface area contributed by atoms with Crippen LogP contribution in [0.3, 0.4) is 0 Å². The van der Waals surface area contributed by atoms with Gasteiger partial charge in [-0.25, -0.2) is 4.79 Å². The number of nitrogens with zero attached hydrogens (tertiary/aromatic N) is 3. The average molecular weight is 401 g/mol. The molecule has 1 fully saturated rings. The summed E-state index contributed by atoms with van der Waals surface area (Å²) in [6, 6.07) is 8.99. The zero-order chi connectivity index (χ0) is 21.1. The summed E-state index contributed by atoms with van der Waals surface area (Å²) in [5.74, 6) is -0.350. The highest BCUT2D eigenvalue weighted by Gasteiger charge is 2.24. The van der Waals surface area contributed by atoms with E-state index in [1.165, 1.54) is 0 Å². The van der Waals surface area contributed by atoms with E-state index in [1.54, 1.807) is 24.3 Å². The summed E-state index contributed by atoms with van der Waals surface area (Å²) >= 11 is 0. The standard InChI is InChI=1S/C22H32N4O3/c1-3-25(4-2)16-17-29-22(28)19-6-8-20(9-7-19)24-21(27)18-10-14-26(15-11-18)13-5-12-23/h6-9,18H,3-5,10-11,13-17H2,1-2H3,(H,24,27). The minimum absolute atomic E-state index is 0.0134. The summed E-state index contributed by atoms with van der Waals surface area (Å²) in [6.45, 7) is 9.58. The van der Waals surface area contributed by atoms with Crippen molar-refractivity contribution in [1.82, 2.24) is 9.80 Å². The molecule has 1 aliphatic rings. The third-order valence-corrected chi connectivity index (χ3v) is 5.42. The Bertz CT molecular complexity index is 687. The molecule has 0 radical (unpaired) electrons. The van der Waals surface area contributed by atoms with E-state index in [0.29, 0.717) is 24.3 Å². The lowest BCUT2D eigenvalue weighted by Crippen LogP contribution is -2.38. The predicted molar refractivity (Wildman–Crippen MR) is 113 cm³/mol. The van der Waals surface area contributed by atoms with E-state index in [2.05, 4.69) is 35.0 Å². The molecule has 0 bridgehead atoms. The fraction of sp³-hybridized carbons (Fsp3) is 0.591. The van der Waals surface area contributed by atoms with Gasteiger partial charge < -0.3 is 19.9 Å². The van der Waals surface area contributed by atoms with Crippen molar-refractivity contribution in [3.8, 4) is 6.07 Å². The van der Waals surface area contributed by atoms with Crippen LogP contribution in [0, 0.1) is 17.2 Å². The molecule has 158 valence electrons. The highest BCUT2D eigenvalue weighted by Crippen LogP contribution is 2.20. The van der Waals surface area contributed by atoms with Gasteiger partial charge in [0.15, 0.2) is 0 Å². The van der Waals surface area contributed by atoms with E-state index < -0.39 is 0 Å². The second-order valence-corrected chi connectivity index (χ2v) is 7.25. The van der Waals surface area contributed by atoms with Gasteiger partial charge >= 0.3 is 5.97 Å². The Hall–Kier alpha value is -2.43. The number of benzene rings is 1. The quantitative estimate of drug-likeness (QED) is 0.608. The number of rotatable bonds is 10. The number of esters is 1. The largest absolute Gasteiger partial charge is 0.461 e. The topological polar surface area (TPSA) is 85.7 Å². The van der Waals surface area contributed by atoms with Crippen LogP contribution in [0.4, 0.5) is 5.69 Å². The summed E-state index contributed by atoms with van der Waals surface area (Å²) in [7, 11) is 0. The third-order valence-electron chi connectivity index (χ3n) is 5.42. The first kappa shape index (κ1) is 22.9. The van der Waals surface area contributed by atoms with Gasteiger partial charge in [-0.1, -0.05) is 13.8 Å². The minimum Gasteiger partial charge on any atom is -0.461 e. The zero-order valence-corrected chi connectivity index (χ0v) is 17.5. The van der Waals surface area contributed by atoms with Crippen LogP contribution >= 0.6 is 0 Å². The van der Waals surface area contributed by atoms with Gasteiger partial charge in [-0.2, -0.15) is 5.26 Å². The molecule has 1 amide bonds. The van der Waals surface area contributed by atoms with Crippen LogP contribution < -0.4 is 5.32 Å². The number of hydrogen-bond donors (Lipinski definition) is 1. The lowest BCUT2D eigenvalue weighted by molar-refractivity contribution is -0.121. The molecule has 0 unspecified atom stereocenters. The van der Waals surface area contributed by atoms with Gasteiger partial charge in [0, 0.05) is 31.1 Å². The second-order valence-electron chi connectivity index (χ2n) is 7.25. The average Bonchev–Trinajstić information content (AvgIpc) is 2.76. The Labute approximate surface area is 173 Å². The van der Waals surface area contributed by atoms with Gasteiger partial charge in [-0.3, -0.25) is 4.79 Å². The molecule has 0 aromatic heterocycles. The molecule has 0 saturated carbocycles. The Kier molecular flexibility index (Phi) is 9.62. The molecule has 1 heterocycles. The van der Waals surface area contributed by atoms with Crippen molar-refractivity contribution in [2.24, 2.45) is 5.92 Å². The molecule has 1 aliphatic heterocycles. The number of ether oxygens (including phenoxy) is 1. The Morgan fingerprint density at radius 1 is 1.21 bits per heavy atom. The van der Waals surface area contributed by atoms with Crippen LogP contribution in [0.25, 0.3) is 0 Å². The van der Waals surface area contributed by atoms with Crippen molar-refractivity contribution < 1.29 is 14.3 Å². The molecule has 1 saturated heterocycles. The summed E-state index contributed by atoms with van der Waals surface area (Å²) in [4.78, 5) is 29.1. The maximum atomic E-state index is 12.5. The van der Waals surface area contributed by atoms with Crippen LogP contribution in [0.15, 0.2) is 24.3 Å².